The molecule has 0 aliphatic rings. The van der Waals surface area contributed by atoms with E-state index in [1.807, 2.05) is 0 Å². The van der Waals surface area contributed by atoms with E-state index in [9.17, 15) is 4.79 Å². The quantitative estimate of drug-likeness (QED) is 0.727. The van der Waals surface area contributed by atoms with Crippen LogP contribution >= 0.6 is 0 Å². The molecule has 1 heterocycles. The van der Waals surface area contributed by atoms with E-state index in [1.54, 1.807) is 33.2 Å². The number of nitrogens with one attached hydrogen (secondary N) is 2. The molecule has 76 valence electrons. The van der Waals surface area contributed by atoms with Gasteiger partial charge in [-0.25, -0.2) is 9.97 Å². The van der Waals surface area contributed by atoms with Crippen LogP contribution in [0.1, 0.15) is 12.7 Å². The fourth-order valence-electron chi connectivity index (χ4n) is 1.04. The van der Waals surface area contributed by atoms with Gasteiger partial charge in [0.15, 0.2) is 0 Å². The average Bonchev–Trinajstić information content (AvgIpc) is 2.16. The second kappa shape index (κ2) is 4.55. The molecule has 1 atom stereocenters. The van der Waals surface area contributed by atoms with Crippen molar-refractivity contribution in [1.29, 1.82) is 0 Å². The van der Waals surface area contributed by atoms with Gasteiger partial charge in [-0.3, -0.25) is 4.79 Å². The van der Waals surface area contributed by atoms with Crippen molar-refractivity contribution in [2.24, 2.45) is 0 Å². The van der Waals surface area contributed by atoms with Crippen LogP contribution in [0.15, 0.2) is 12.3 Å². The predicted octanol–water partition coefficient (Wildman–Crippen LogP) is 0.331. The van der Waals surface area contributed by atoms with Crippen LogP contribution in [0.3, 0.4) is 0 Å². The van der Waals surface area contributed by atoms with Gasteiger partial charge >= 0.3 is 0 Å². The molecule has 1 aromatic heterocycles. The van der Waals surface area contributed by atoms with Crippen LogP contribution < -0.4 is 10.6 Å². The van der Waals surface area contributed by atoms with E-state index in [2.05, 4.69) is 20.6 Å². The highest BCUT2D eigenvalue weighted by Gasteiger charge is 2.10. The summed E-state index contributed by atoms with van der Waals surface area (Å²) in [6.07, 6.45) is 1.65. The summed E-state index contributed by atoms with van der Waals surface area (Å²) >= 11 is 0. The molecule has 1 amide bonds. The van der Waals surface area contributed by atoms with Crippen LogP contribution in [0.5, 0.6) is 0 Å². The molecule has 0 saturated heterocycles. The molecule has 1 rings (SSSR count). The Morgan fingerprint density at radius 1 is 1.57 bits per heavy atom. The minimum Gasteiger partial charge on any atom is -0.359 e. The Bertz CT molecular complexity index is 326. The molecule has 0 spiro atoms. The van der Waals surface area contributed by atoms with Gasteiger partial charge in [0, 0.05) is 13.2 Å². The number of carbonyl (C=O) groups is 1. The first-order valence-corrected chi connectivity index (χ1v) is 4.41. The van der Waals surface area contributed by atoms with Crippen LogP contribution in [0, 0.1) is 6.92 Å². The molecule has 14 heavy (non-hydrogen) atoms. The summed E-state index contributed by atoms with van der Waals surface area (Å²) in [5, 5.41) is 5.52. The normalized spacial score (nSPS) is 11.9. The van der Waals surface area contributed by atoms with Crippen LogP contribution in [-0.2, 0) is 4.79 Å². The maximum Gasteiger partial charge on any atom is 0.241 e. The highest BCUT2D eigenvalue weighted by Crippen LogP contribution is 2.03. The Labute approximate surface area is 83.0 Å². The van der Waals surface area contributed by atoms with E-state index in [1.165, 1.54) is 0 Å². The maximum atomic E-state index is 11.2. The van der Waals surface area contributed by atoms with Crippen molar-refractivity contribution in [3.63, 3.8) is 0 Å². The maximum absolute atomic E-state index is 11.2. The number of carbonyl (C=O) groups excluding carboxylic acids is 1. The van der Waals surface area contributed by atoms with E-state index in [0.29, 0.717) is 11.6 Å². The second-order valence-corrected chi connectivity index (χ2v) is 2.97. The van der Waals surface area contributed by atoms with Gasteiger partial charge in [-0.15, -0.1) is 0 Å². The van der Waals surface area contributed by atoms with Crippen molar-refractivity contribution in [3.8, 4) is 0 Å². The number of hydrogen-bond donors (Lipinski definition) is 2. The average molecular weight is 194 g/mol. The Hall–Kier alpha value is -1.65. The summed E-state index contributed by atoms with van der Waals surface area (Å²) in [6, 6.07) is 1.43. The van der Waals surface area contributed by atoms with Crippen LogP contribution in [-0.4, -0.2) is 29.0 Å². The molecule has 1 unspecified atom stereocenters. The largest absolute Gasteiger partial charge is 0.359 e. The lowest BCUT2D eigenvalue weighted by Crippen LogP contribution is -2.35. The van der Waals surface area contributed by atoms with E-state index in [4.69, 9.17) is 0 Å². The Morgan fingerprint density at radius 3 is 2.86 bits per heavy atom. The Balaban J connectivity index is 2.64. The summed E-state index contributed by atoms with van der Waals surface area (Å²) in [4.78, 5) is 19.3. The minimum absolute atomic E-state index is 0.0683. The molecule has 0 saturated carbocycles. The third-order valence-electron chi connectivity index (χ3n) is 1.78. The SMILES string of the molecule is CNC(=O)C(C)Nc1ccnc(C)n1. The minimum atomic E-state index is -0.297. The first kappa shape index (κ1) is 10.4. The number of anilines is 1. The van der Waals surface area contributed by atoms with Gasteiger partial charge in [0.25, 0.3) is 0 Å². The molecule has 0 fully saturated rings. The number of aryl methyl sites for hydroxylation is 1. The highest BCUT2D eigenvalue weighted by atomic mass is 16.2. The molecule has 0 aliphatic carbocycles. The van der Waals surface area contributed by atoms with Crippen molar-refractivity contribution in [3.05, 3.63) is 18.1 Å². The molecular weight excluding hydrogens is 180 g/mol. The summed E-state index contributed by atoms with van der Waals surface area (Å²) in [7, 11) is 1.60. The zero-order valence-electron chi connectivity index (χ0n) is 8.53. The van der Waals surface area contributed by atoms with Gasteiger partial charge in [-0.2, -0.15) is 0 Å². The zero-order chi connectivity index (χ0) is 10.6. The molecule has 5 heteroatoms. The zero-order valence-corrected chi connectivity index (χ0v) is 8.53. The van der Waals surface area contributed by atoms with E-state index >= 15 is 0 Å². The number of rotatable bonds is 3. The standard InChI is InChI=1S/C9H14N4O/c1-6(9(14)10-3)12-8-4-5-11-7(2)13-8/h4-6H,1-3H3,(H,10,14)(H,11,12,13). The molecule has 2 N–H and O–H groups in total. The van der Waals surface area contributed by atoms with Crippen molar-refractivity contribution < 1.29 is 4.79 Å². The summed E-state index contributed by atoms with van der Waals surface area (Å²) in [5.74, 6) is 1.27. The number of amides is 1. The monoisotopic (exact) mass is 194 g/mol. The smallest absolute Gasteiger partial charge is 0.241 e. The van der Waals surface area contributed by atoms with Crippen molar-refractivity contribution in [1.82, 2.24) is 15.3 Å². The lowest BCUT2D eigenvalue weighted by Gasteiger charge is -2.12. The molecule has 5 nitrogen and oxygen atoms in total. The lowest BCUT2D eigenvalue weighted by molar-refractivity contribution is -0.121. The van der Waals surface area contributed by atoms with Crippen molar-refractivity contribution in [2.45, 2.75) is 19.9 Å². The Kier molecular flexibility index (Phi) is 3.39. The number of likely N-dealkylation sites (N-methyl/N-ethyl adjacent to an activating group) is 1. The van der Waals surface area contributed by atoms with Crippen LogP contribution in [0.4, 0.5) is 5.82 Å². The van der Waals surface area contributed by atoms with Crippen LogP contribution in [0.25, 0.3) is 0 Å². The third kappa shape index (κ3) is 2.69. The molecule has 0 radical (unpaired) electrons. The van der Waals surface area contributed by atoms with Crippen molar-refractivity contribution in [2.75, 3.05) is 12.4 Å². The van der Waals surface area contributed by atoms with Gasteiger partial charge in [-0.05, 0) is 19.9 Å². The van der Waals surface area contributed by atoms with E-state index in [-0.39, 0.29) is 11.9 Å². The van der Waals surface area contributed by atoms with Gasteiger partial charge in [0.05, 0.1) is 0 Å². The summed E-state index contributed by atoms with van der Waals surface area (Å²) < 4.78 is 0. The first-order valence-electron chi connectivity index (χ1n) is 4.41. The first-order chi connectivity index (χ1) is 6.63. The number of aromatic nitrogens is 2. The number of nitrogens with zero attached hydrogens (tertiary/aromatic N) is 2. The number of hydrogen-bond acceptors (Lipinski definition) is 4. The molecule has 0 bridgehead atoms. The third-order valence-corrected chi connectivity index (χ3v) is 1.78. The highest BCUT2D eigenvalue weighted by molar-refractivity contribution is 5.83. The molecule has 1 aromatic rings. The van der Waals surface area contributed by atoms with E-state index < -0.39 is 0 Å². The van der Waals surface area contributed by atoms with Gasteiger partial charge in [-0.1, -0.05) is 0 Å². The molecule has 0 aromatic carbocycles. The van der Waals surface area contributed by atoms with Crippen LogP contribution in [0.2, 0.25) is 0 Å². The summed E-state index contributed by atoms with van der Waals surface area (Å²) in [5.41, 5.74) is 0. The van der Waals surface area contributed by atoms with Crippen molar-refractivity contribution >= 4 is 11.7 Å². The second-order valence-electron chi connectivity index (χ2n) is 2.97. The fourth-order valence-corrected chi connectivity index (χ4v) is 1.04. The summed E-state index contributed by atoms with van der Waals surface area (Å²) in [6.45, 7) is 3.58. The van der Waals surface area contributed by atoms with Gasteiger partial charge in [0.2, 0.25) is 5.91 Å². The predicted molar refractivity (Wildman–Crippen MR) is 53.9 cm³/mol. The van der Waals surface area contributed by atoms with E-state index in [0.717, 1.165) is 0 Å². The Morgan fingerprint density at radius 2 is 2.29 bits per heavy atom. The fraction of sp³-hybridized carbons (Fsp3) is 0.444. The van der Waals surface area contributed by atoms with Gasteiger partial charge < -0.3 is 10.6 Å². The molecule has 0 aliphatic heterocycles. The van der Waals surface area contributed by atoms with Gasteiger partial charge in [0.1, 0.15) is 17.7 Å². The topological polar surface area (TPSA) is 66.9 Å². The lowest BCUT2D eigenvalue weighted by atomic mass is 10.3. The molecular formula is C9H14N4O.